The highest BCUT2D eigenvalue weighted by atomic mass is 16.1. The maximum atomic E-state index is 10.9. The number of nitrogens with zero attached hydrogens (tertiary/aromatic N) is 1. The largest absolute Gasteiger partial charge is 0.370 e. The first-order valence-corrected chi connectivity index (χ1v) is 4.01. The van der Waals surface area contributed by atoms with E-state index in [9.17, 15) is 4.79 Å². The van der Waals surface area contributed by atoms with E-state index in [0.29, 0.717) is 19.0 Å². The number of aliphatic imine (C=N–C) groups is 1. The van der Waals surface area contributed by atoms with Gasteiger partial charge in [-0.1, -0.05) is 0 Å². The van der Waals surface area contributed by atoms with E-state index in [4.69, 9.17) is 5.73 Å². The van der Waals surface area contributed by atoms with E-state index in [-0.39, 0.29) is 12.5 Å². The maximum absolute atomic E-state index is 10.9. The first kappa shape index (κ1) is 10.7. The van der Waals surface area contributed by atoms with Gasteiger partial charge in [0.2, 0.25) is 5.91 Å². The van der Waals surface area contributed by atoms with E-state index in [1.54, 1.807) is 0 Å². The van der Waals surface area contributed by atoms with Crippen LogP contribution < -0.4 is 16.4 Å². The molecule has 0 rings (SSSR count). The van der Waals surface area contributed by atoms with Gasteiger partial charge < -0.3 is 16.4 Å². The number of nitrogens with one attached hydrogen (secondary N) is 2. The summed E-state index contributed by atoms with van der Waals surface area (Å²) in [5, 5.41) is 5.40. The molecular formula is C7H16N4O. The Morgan fingerprint density at radius 3 is 2.42 bits per heavy atom. The standard InChI is InChI=1S/C7H16N4O/c1-3-9-6(12)5-11-7(8)10-4-2/h3-5H2,1-2H3,(H,9,12)(H3,8,10,11). The molecule has 5 heteroatoms. The van der Waals surface area contributed by atoms with Gasteiger partial charge in [-0.2, -0.15) is 0 Å². The molecule has 0 spiro atoms. The molecule has 5 nitrogen and oxygen atoms in total. The monoisotopic (exact) mass is 172 g/mol. The number of carbonyl (C=O) groups excluding carboxylic acids is 1. The average molecular weight is 172 g/mol. The lowest BCUT2D eigenvalue weighted by Crippen LogP contribution is -2.33. The molecule has 4 N–H and O–H groups in total. The van der Waals surface area contributed by atoms with E-state index >= 15 is 0 Å². The highest BCUT2D eigenvalue weighted by Crippen LogP contribution is 1.71. The molecule has 0 aliphatic rings. The number of amides is 1. The van der Waals surface area contributed by atoms with Gasteiger partial charge in [-0.15, -0.1) is 0 Å². The Morgan fingerprint density at radius 2 is 1.92 bits per heavy atom. The number of hydrogen-bond donors (Lipinski definition) is 3. The normalized spacial score (nSPS) is 11.0. The molecule has 0 bridgehead atoms. The van der Waals surface area contributed by atoms with Crippen molar-refractivity contribution >= 4 is 11.9 Å². The fraction of sp³-hybridized carbons (Fsp3) is 0.714. The van der Waals surface area contributed by atoms with Crippen LogP contribution in [0.3, 0.4) is 0 Å². The van der Waals surface area contributed by atoms with Crippen molar-refractivity contribution in [2.75, 3.05) is 19.6 Å². The van der Waals surface area contributed by atoms with Crippen molar-refractivity contribution in [3.05, 3.63) is 0 Å². The highest BCUT2D eigenvalue weighted by Gasteiger charge is 1.96. The van der Waals surface area contributed by atoms with Crippen molar-refractivity contribution in [1.29, 1.82) is 0 Å². The van der Waals surface area contributed by atoms with E-state index in [2.05, 4.69) is 15.6 Å². The Morgan fingerprint density at radius 1 is 1.33 bits per heavy atom. The molecule has 0 fully saturated rings. The Kier molecular flexibility index (Phi) is 5.77. The number of carbonyl (C=O) groups is 1. The summed E-state index contributed by atoms with van der Waals surface area (Å²) in [6.45, 7) is 5.19. The topological polar surface area (TPSA) is 79.5 Å². The van der Waals surface area contributed by atoms with Crippen molar-refractivity contribution in [1.82, 2.24) is 10.6 Å². The fourth-order valence-electron chi connectivity index (χ4n) is 0.647. The second-order valence-corrected chi connectivity index (χ2v) is 2.19. The van der Waals surface area contributed by atoms with Crippen LogP contribution in [0.5, 0.6) is 0 Å². The molecule has 0 aliphatic carbocycles. The Bertz CT molecular complexity index is 167. The van der Waals surface area contributed by atoms with Gasteiger partial charge in [-0.25, -0.2) is 4.99 Å². The molecule has 0 saturated heterocycles. The van der Waals surface area contributed by atoms with Gasteiger partial charge in [0.15, 0.2) is 5.96 Å². The third-order valence-electron chi connectivity index (χ3n) is 1.12. The second-order valence-electron chi connectivity index (χ2n) is 2.19. The average Bonchev–Trinajstić information content (AvgIpc) is 2.02. The van der Waals surface area contributed by atoms with E-state index in [0.717, 1.165) is 0 Å². The van der Waals surface area contributed by atoms with Gasteiger partial charge >= 0.3 is 0 Å². The van der Waals surface area contributed by atoms with Crippen LogP contribution in [0.15, 0.2) is 4.99 Å². The third kappa shape index (κ3) is 5.52. The number of guanidine groups is 1. The van der Waals surface area contributed by atoms with Crippen LogP contribution in [0.4, 0.5) is 0 Å². The summed E-state index contributed by atoms with van der Waals surface area (Å²) in [7, 11) is 0. The number of likely N-dealkylation sites (N-methyl/N-ethyl adjacent to an activating group) is 1. The first-order chi connectivity index (χ1) is 5.70. The number of rotatable bonds is 4. The smallest absolute Gasteiger partial charge is 0.241 e. The van der Waals surface area contributed by atoms with E-state index < -0.39 is 0 Å². The zero-order valence-electron chi connectivity index (χ0n) is 7.55. The zero-order chi connectivity index (χ0) is 9.40. The van der Waals surface area contributed by atoms with Crippen LogP contribution in [0, 0.1) is 0 Å². The summed E-state index contributed by atoms with van der Waals surface area (Å²) in [6, 6.07) is 0. The van der Waals surface area contributed by atoms with Gasteiger partial charge in [0, 0.05) is 13.1 Å². The summed E-state index contributed by atoms with van der Waals surface area (Å²) in [4.78, 5) is 14.7. The number of nitrogens with two attached hydrogens (primary N) is 1. The van der Waals surface area contributed by atoms with Crippen molar-refractivity contribution in [3.8, 4) is 0 Å². The molecule has 0 aliphatic heterocycles. The minimum atomic E-state index is -0.113. The van der Waals surface area contributed by atoms with E-state index in [1.807, 2.05) is 13.8 Å². The molecule has 0 aromatic heterocycles. The van der Waals surface area contributed by atoms with Crippen LogP contribution in [0.25, 0.3) is 0 Å². The highest BCUT2D eigenvalue weighted by molar-refractivity contribution is 5.83. The predicted octanol–water partition coefficient (Wildman–Crippen LogP) is -0.953. The molecular weight excluding hydrogens is 156 g/mol. The Labute approximate surface area is 72.4 Å². The van der Waals surface area contributed by atoms with Crippen molar-refractivity contribution in [2.45, 2.75) is 13.8 Å². The van der Waals surface area contributed by atoms with Crippen molar-refractivity contribution in [2.24, 2.45) is 10.7 Å². The summed E-state index contributed by atoms with van der Waals surface area (Å²) < 4.78 is 0. The molecule has 0 saturated carbocycles. The summed E-state index contributed by atoms with van der Waals surface area (Å²) in [6.07, 6.45) is 0. The number of hydrogen-bond acceptors (Lipinski definition) is 2. The lowest BCUT2D eigenvalue weighted by Gasteiger charge is -2.01. The molecule has 0 unspecified atom stereocenters. The van der Waals surface area contributed by atoms with Gasteiger partial charge in [-0.05, 0) is 13.8 Å². The van der Waals surface area contributed by atoms with Gasteiger partial charge in [0.05, 0.1) is 0 Å². The minimum Gasteiger partial charge on any atom is -0.370 e. The molecule has 12 heavy (non-hydrogen) atoms. The SMILES string of the molecule is CCNC(=O)CN=C(N)NCC. The molecule has 0 aromatic rings. The minimum absolute atomic E-state index is 0.0900. The molecule has 1 amide bonds. The lowest BCUT2D eigenvalue weighted by molar-refractivity contribution is -0.119. The Balaban J connectivity index is 3.63. The quantitative estimate of drug-likeness (QED) is 0.378. The first-order valence-electron chi connectivity index (χ1n) is 4.01. The lowest BCUT2D eigenvalue weighted by atomic mass is 10.5. The summed E-state index contributed by atoms with van der Waals surface area (Å²) >= 11 is 0. The molecule has 0 heterocycles. The second kappa shape index (κ2) is 6.45. The maximum Gasteiger partial charge on any atom is 0.241 e. The van der Waals surface area contributed by atoms with Crippen LogP contribution in [0.2, 0.25) is 0 Å². The van der Waals surface area contributed by atoms with Crippen LogP contribution in [0.1, 0.15) is 13.8 Å². The fourth-order valence-corrected chi connectivity index (χ4v) is 0.647. The van der Waals surface area contributed by atoms with Gasteiger partial charge in [0.25, 0.3) is 0 Å². The zero-order valence-corrected chi connectivity index (χ0v) is 7.55. The summed E-state index contributed by atoms with van der Waals surface area (Å²) in [5.74, 6) is 0.196. The predicted molar refractivity (Wildman–Crippen MR) is 48.8 cm³/mol. The summed E-state index contributed by atoms with van der Waals surface area (Å²) in [5.41, 5.74) is 5.39. The molecule has 0 atom stereocenters. The van der Waals surface area contributed by atoms with Crippen LogP contribution in [-0.4, -0.2) is 31.5 Å². The van der Waals surface area contributed by atoms with E-state index in [1.165, 1.54) is 0 Å². The molecule has 0 aromatic carbocycles. The van der Waals surface area contributed by atoms with Crippen molar-refractivity contribution in [3.63, 3.8) is 0 Å². The van der Waals surface area contributed by atoms with Crippen LogP contribution in [-0.2, 0) is 4.79 Å². The van der Waals surface area contributed by atoms with Crippen LogP contribution >= 0.6 is 0 Å². The molecule has 70 valence electrons. The third-order valence-corrected chi connectivity index (χ3v) is 1.12. The van der Waals surface area contributed by atoms with Gasteiger partial charge in [-0.3, -0.25) is 4.79 Å². The molecule has 0 radical (unpaired) electrons. The van der Waals surface area contributed by atoms with Gasteiger partial charge in [0.1, 0.15) is 6.54 Å². The Hall–Kier alpha value is -1.26. The van der Waals surface area contributed by atoms with Crippen molar-refractivity contribution < 1.29 is 4.79 Å².